The molecule has 6 nitrogen and oxygen atoms in total. The molecule has 112 valence electrons. The van der Waals surface area contributed by atoms with Crippen LogP contribution in [0.15, 0.2) is 6.07 Å². The van der Waals surface area contributed by atoms with Gasteiger partial charge in [-0.1, -0.05) is 0 Å². The van der Waals surface area contributed by atoms with E-state index < -0.39 is 12.0 Å². The molecule has 0 aliphatic heterocycles. The molecule has 0 bridgehead atoms. The molecule has 1 aliphatic rings. The van der Waals surface area contributed by atoms with Crippen molar-refractivity contribution in [3.8, 4) is 0 Å². The van der Waals surface area contributed by atoms with Crippen LogP contribution in [0.2, 0.25) is 0 Å². The van der Waals surface area contributed by atoms with Gasteiger partial charge in [-0.25, -0.2) is 15.8 Å². The van der Waals surface area contributed by atoms with Crippen LogP contribution in [0.1, 0.15) is 18.7 Å². The summed E-state index contributed by atoms with van der Waals surface area (Å²) in [6.07, 6.45) is -2.24. The minimum Gasteiger partial charge on any atom is -0.369 e. The highest BCUT2D eigenvalue weighted by atomic mass is 19.4. The number of alkyl halides is 3. The van der Waals surface area contributed by atoms with Gasteiger partial charge >= 0.3 is 6.18 Å². The average molecular weight is 290 g/mol. The summed E-state index contributed by atoms with van der Waals surface area (Å²) in [6.45, 7) is 1.24. The van der Waals surface area contributed by atoms with Crippen molar-refractivity contribution in [2.75, 3.05) is 30.9 Å². The van der Waals surface area contributed by atoms with Crippen molar-refractivity contribution < 1.29 is 13.2 Å². The first-order valence-corrected chi connectivity index (χ1v) is 6.27. The van der Waals surface area contributed by atoms with Crippen molar-refractivity contribution in [3.05, 3.63) is 11.9 Å². The Balaban J connectivity index is 1.98. The van der Waals surface area contributed by atoms with E-state index in [0.29, 0.717) is 12.6 Å². The van der Waals surface area contributed by atoms with Gasteiger partial charge in [0.05, 0.1) is 0 Å². The molecule has 2 rings (SSSR count). The number of likely N-dealkylation sites (N-methyl/N-ethyl adjacent to an activating group) is 1. The molecular weight excluding hydrogens is 273 g/mol. The Hall–Kier alpha value is -1.61. The summed E-state index contributed by atoms with van der Waals surface area (Å²) in [4.78, 5) is 8.90. The van der Waals surface area contributed by atoms with E-state index in [1.165, 1.54) is 18.9 Å². The second kappa shape index (κ2) is 5.80. The molecule has 0 spiro atoms. The van der Waals surface area contributed by atoms with Crippen molar-refractivity contribution in [2.45, 2.75) is 25.1 Å². The van der Waals surface area contributed by atoms with Crippen LogP contribution in [0.5, 0.6) is 0 Å². The van der Waals surface area contributed by atoms with Gasteiger partial charge in [0, 0.05) is 25.2 Å². The van der Waals surface area contributed by atoms with Crippen LogP contribution in [-0.2, 0) is 6.18 Å². The Kier molecular flexibility index (Phi) is 4.29. The van der Waals surface area contributed by atoms with E-state index >= 15 is 0 Å². The van der Waals surface area contributed by atoms with Crippen LogP contribution < -0.4 is 16.6 Å². The third-order valence-electron chi connectivity index (χ3n) is 3.07. The van der Waals surface area contributed by atoms with Gasteiger partial charge in [0.15, 0.2) is 0 Å². The Morgan fingerprint density at radius 2 is 2.00 bits per heavy atom. The molecular formula is C11H17F3N6. The number of hydrogen-bond acceptors (Lipinski definition) is 6. The van der Waals surface area contributed by atoms with Crippen molar-refractivity contribution in [2.24, 2.45) is 5.84 Å². The van der Waals surface area contributed by atoms with Crippen LogP contribution >= 0.6 is 0 Å². The van der Waals surface area contributed by atoms with Gasteiger partial charge in [-0.05, 0) is 19.9 Å². The molecule has 1 heterocycles. The summed E-state index contributed by atoms with van der Waals surface area (Å²) in [5.74, 6) is 3.92. The fraction of sp³-hybridized carbons (Fsp3) is 0.636. The van der Waals surface area contributed by atoms with E-state index in [0.717, 1.165) is 6.54 Å². The summed E-state index contributed by atoms with van der Waals surface area (Å²) in [5, 5.41) is 2.86. The van der Waals surface area contributed by atoms with Gasteiger partial charge in [0.2, 0.25) is 5.82 Å². The molecule has 0 aromatic carbocycles. The number of hydrazine groups is 1. The quantitative estimate of drug-likeness (QED) is 0.541. The van der Waals surface area contributed by atoms with Gasteiger partial charge in [-0.3, -0.25) is 0 Å². The van der Waals surface area contributed by atoms with Gasteiger partial charge in [0.1, 0.15) is 11.6 Å². The van der Waals surface area contributed by atoms with Crippen LogP contribution in [0.4, 0.5) is 24.8 Å². The van der Waals surface area contributed by atoms with Gasteiger partial charge in [0.25, 0.3) is 0 Å². The highest BCUT2D eigenvalue weighted by Gasteiger charge is 2.35. The molecule has 0 amide bonds. The minimum atomic E-state index is -4.60. The van der Waals surface area contributed by atoms with E-state index in [2.05, 4.69) is 25.6 Å². The minimum absolute atomic E-state index is 0.0784. The fourth-order valence-electron chi connectivity index (χ4n) is 1.80. The summed E-state index contributed by atoms with van der Waals surface area (Å²) in [6, 6.07) is 1.95. The monoisotopic (exact) mass is 290 g/mol. The standard InChI is InChI=1S/C11H17F3N6/c1-20(7-2-3-7)5-4-16-8-6-9(19-15)18-10(17-8)11(12,13)14/h6-7H,2-5,15H2,1H3,(H2,16,17,18,19). The molecule has 0 unspecified atom stereocenters. The zero-order valence-corrected chi connectivity index (χ0v) is 11.0. The Morgan fingerprint density at radius 1 is 1.35 bits per heavy atom. The van der Waals surface area contributed by atoms with Crippen LogP contribution in [0.3, 0.4) is 0 Å². The molecule has 0 radical (unpaired) electrons. The summed E-state index contributed by atoms with van der Waals surface area (Å²) >= 11 is 0. The normalized spacial score (nSPS) is 15.5. The number of hydrogen-bond donors (Lipinski definition) is 3. The topological polar surface area (TPSA) is 79.1 Å². The van der Waals surface area contributed by atoms with Gasteiger partial charge < -0.3 is 15.6 Å². The van der Waals surface area contributed by atoms with E-state index in [9.17, 15) is 13.2 Å². The number of nitrogens with zero attached hydrogens (tertiary/aromatic N) is 3. The maximum absolute atomic E-state index is 12.6. The average Bonchev–Trinajstić information content (AvgIpc) is 3.21. The van der Waals surface area contributed by atoms with Crippen molar-refractivity contribution in [1.29, 1.82) is 0 Å². The van der Waals surface area contributed by atoms with Crippen molar-refractivity contribution in [1.82, 2.24) is 14.9 Å². The van der Waals surface area contributed by atoms with E-state index in [4.69, 9.17) is 5.84 Å². The molecule has 0 atom stereocenters. The molecule has 0 saturated heterocycles. The molecule has 1 fully saturated rings. The lowest BCUT2D eigenvalue weighted by atomic mass is 10.4. The summed E-state index contributed by atoms with van der Waals surface area (Å²) in [7, 11) is 1.99. The third kappa shape index (κ3) is 3.94. The largest absolute Gasteiger partial charge is 0.451 e. The van der Waals surface area contributed by atoms with Crippen molar-refractivity contribution in [3.63, 3.8) is 0 Å². The Morgan fingerprint density at radius 3 is 2.55 bits per heavy atom. The lowest BCUT2D eigenvalue weighted by Gasteiger charge is -2.16. The number of rotatable bonds is 6. The Bertz CT molecular complexity index is 460. The second-order valence-corrected chi connectivity index (χ2v) is 4.74. The van der Waals surface area contributed by atoms with E-state index in [1.54, 1.807) is 0 Å². The Labute approximate surface area is 114 Å². The molecule has 1 aromatic rings. The van der Waals surface area contributed by atoms with Gasteiger partial charge in [-0.15, -0.1) is 0 Å². The first kappa shape index (κ1) is 14.8. The lowest BCUT2D eigenvalue weighted by molar-refractivity contribution is -0.144. The molecule has 1 aliphatic carbocycles. The molecule has 1 aromatic heterocycles. The summed E-state index contributed by atoms with van der Waals surface area (Å²) in [5.41, 5.74) is 2.11. The number of nitrogens with one attached hydrogen (secondary N) is 2. The lowest BCUT2D eigenvalue weighted by Crippen LogP contribution is -2.27. The second-order valence-electron chi connectivity index (χ2n) is 4.74. The van der Waals surface area contributed by atoms with E-state index in [1.807, 2.05) is 7.05 Å². The number of nitrogen functional groups attached to an aromatic ring is 1. The third-order valence-corrected chi connectivity index (χ3v) is 3.07. The van der Waals surface area contributed by atoms with Crippen molar-refractivity contribution >= 4 is 11.6 Å². The van der Waals surface area contributed by atoms with Crippen LogP contribution in [-0.4, -0.2) is 41.0 Å². The maximum Gasteiger partial charge on any atom is 0.451 e. The first-order valence-electron chi connectivity index (χ1n) is 6.27. The van der Waals surface area contributed by atoms with Crippen LogP contribution in [0.25, 0.3) is 0 Å². The smallest absolute Gasteiger partial charge is 0.369 e. The van der Waals surface area contributed by atoms with E-state index in [-0.39, 0.29) is 11.6 Å². The highest BCUT2D eigenvalue weighted by Crippen LogP contribution is 2.28. The maximum atomic E-state index is 12.6. The number of halogens is 3. The zero-order valence-electron chi connectivity index (χ0n) is 11.0. The zero-order chi connectivity index (χ0) is 14.8. The predicted molar refractivity (Wildman–Crippen MR) is 69.0 cm³/mol. The molecule has 1 saturated carbocycles. The number of aromatic nitrogens is 2. The fourth-order valence-corrected chi connectivity index (χ4v) is 1.80. The molecule has 4 N–H and O–H groups in total. The predicted octanol–water partition coefficient (Wildman–Crippen LogP) is 1.29. The molecule has 20 heavy (non-hydrogen) atoms. The van der Waals surface area contributed by atoms with Gasteiger partial charge in [-0.2, -0.15) is 13.2 Å². The molecule has 9 heteroatoms. The number of nitrogens with two attached hydrogens (primary N) is 1. The summed E-state index contributed by atoms with van der Waals surface area (Å²) < 4.78 is 37.9. The number of anilines is 2. The highest BCUT2D eigenvalue weighted by molar-refractivity contribution is 5.47. The first-order chi connectivity index (χ1) is 9.40. The van der Waals surface area contributed by atoms with Crippen LogP contribution in [0, 0.1) is 0 Å². The SMILES string of the molecule is CN(CCNc1cc(NN)nc(C(F)(F)F)n1)C1CC1.